The highest BCUT2D eigenvalue weighted by Gasteiger charge is 2.22. The summed E-state index contributed by atoms with van der Waals surface area (Å²) < 4.78 is 0. The monoisotopic (exact) mass is 237 g/mol. The summed E-state index contributed by atoms with van der Waals surface area (Å²) in [5.74, 6) is 0. The van der Waals surface area contributed by atoms with Crippen molar-refractivity contribution in [3.8, 4) is 6.07 Å². The fourth-order valence-corrected chi connectivity index (χ4v) is 2.67. The molecule has 0 aromatic carbocycles. The Hall–Kier alpha value is -0.890. The van der Waals surface area contributed by atoms with Crippen LogP contribution in [0.1, 0.15) is 31.9 Å². The lowest BCUT2D eigenvalue weighted by Gasteiger charge is -2.32. The van der Waals surface area contributed by atoms with E-state index in [0.717, 1.165) is 13.1 Å². The minimum absolute atomic E-state index is 0.0771. The number of likely N-dealkylation sites (N-methyl/N-ethyl adjacent to an activating group) is 1. The maximum absolute atomic E-state index is 8.66. The molecule has 0 radical (unpaired) electrons. The maximum atomic E-state index is 8.66. The first kappa shape index (κ1) is 13.2. The average Bonchev–Trinajstić information content (AvgIpc) is 2.76. The molecule has 1 aromatic heterocycles. The number of nitrogens with zero attached hydrogens (tertiary/aromatic N) is 2. The van der Waals surface area contributed by atoms with Crippen LogP contribution in [0, 0.1) is 11.3 Å². The smallest absolute Gasteiger partial charge is 0.0635 e. The Balaban J connectivity index is 2.79. The summed E-state index contributed by atoms with van der Waals surface area (Å²) in [5, 5.41) is 12.9. The molecule has 3 nitrogen and oxygen atoms in total. The Morgan fingerprint density at radius 3 is 2.81 bits per heavy atom. The van der Waals surface area contributed by atoms with E-state index in [0.29, 0.717) is 6.42 Å². The Bertz CT molecular complexity index is 327. The first-order valence-electron chi connectivity index (χ1n) is 5.59. The molecule has 1 heterocycles. The second-order valence-electron chi connectivity index (χ2n) is 3.90. The van der Waals surface area contributed by atoms with Gasteiger partial charge in [0.1, 0.15) is 0 Å². The third-order valence-corrected chi connectivity index (χ3v) is 3.39. The van der Waals surface area contributed by atoms with E-state index < -0.39 is 0 Å². The quantitative estimate of drug-likeness (QED) is 0.826. The molecule has 0 amide bonds. The van der Waals surface area contributed by atoms with E-state index in [1.165, 1.54) is 5.56 Å². The van der Waals surface area contributed by atoms with Gasteiger partial charge in [-0.2, -0.15) is 16.6 Å². The predicted octanol–water partition coefficient (Wildman–Crippen LogP) is 2.37. The number of nitriles is 1. The summed E-state index contributed by atoms with van der Waals surface area (Å²) in [7, 11) is 0. The zero-order valence-electron chi connectivity index (χ0n) is 9.89. The highest BCUT2D eigenvalue weighted by molar-refractivity contribution is 7.07. The van der Waals surface area contributed by atoms with Crippen LogP contribution in [0.2, 0.25) is 0 Å². The van der Waals surface area contributed by atoms with Crippen LogP contribution in [0.3, 0.4) is 0 Å². The fourth-order valence-electron chi connectivity index (χ4n) is 1.98. The van der Waals surface area contributed by atoms with E-state index in [-0.39, 0.29) is 12.1 Å². The summed E-state index contributed by atoms with van der Waals surface area (Å²) in [6.45, 7) is 5.84. The van der Waals surface area contributed by atoms with Gasteiger partial charge in [0.15, 0.2) is 0 Å². The molecule has 88 valence electrons. The van der Waals surface area contributed by atoms with Crippen LogP contribution in [-0.2, 0) is 0 Å². The van der Waals surface area contributed by atoms with Gasteiger partial charge in [0, 0.05) is 19.0 Å². The lowest BCUT2D eigenvalue weighted by Crippen LogP contribution is -2.39. The Morgan fingerprint density at radius 2 is 2.38 bits per heavy atom. The highest BCUT2D eigenvalue weighted by atomic mass is 32.1. The van der Waals surface area contributed by atoms with Crippen LogP contribution in [0.5, 0.6) is 0 Å². The van der Waals surface area contributed by atoms with Gasteiger partial charge in [0.2, 0.25) is 0 Å². The molecule has 1 aromatic rings. The molecule has 0 spiro atoms. The van der Waals surface area contributed by atoms with Gasteiger partial charge in [0.25, 0.3) is 0 Å². The molecule has 2 unspecified atom stereocenters. The van der Waals surface area contributed by atoms with Crippen LogP contribution in [0.25, 0.3) is 0 Å². The number of hydrogen-bond acceptors (Lipinski definition) is 4. The van der Waals surface area contributed by atoms with Crippen molar-refractivity contribution >= 4 is 11.3 Å². The van der Waals surface area contributed by atoms with Gasteiger partial charge in [-0.15, -0.1) is 0 Å². The van der Waals surface area contributed by atoms with Gasteiger partial charge >= 0.3 is 0 Å². The molecule has 0 aliphatic heterocycles. The van der Waals surface area contributed by atoms with Crippen molar-refractivity contribution in [1.82, 2.24) is 4.90 Å². The average molecular weight is 237 g/mol. The van der Waals surface area contributed by atoms with Gasteiger partial charge in [-0.25, -0.2) is 0 Å². The molecule has 0 saturated carbocycles. The third-order valence-electron chi connectivity index (χ3n) is 2.69. The molecule has 1 rings (SSSR count). The zero-order chi connectivity index (χ0) is 12.0. The summed E-state index contributed by atoms with van der Waals surface area (Å²) in [6.07, 6.45) is 0.557. The maximum Gasteiger partial charge on any atom is 0.0635 e. The summed E-state index contributed by atoms with van der Waals surface area (Å²) in [5.41, 5.74) is 7.32. The standard InChI is InChI=1S/C12H19N3S/c1-3-15(7-4-6-13)12(10(2)14)11-5-8-16-9-11/h5,8-10,12H,3-4,7,14H2,1-2H3. The zero-order valence-corrected chi connectivity index (χ0v) is 10.7. The Kier molecular flexibility index (Phi) is 5.47. The van der Waals surface area contributed by atoms with E-state index in [4.69, 9.17) is 11.0 Å². The summed E-state index contributed by atoms with van der Waals surface area (Å²) in [4.78, 5) is 2.27. The molecular weight excluding hydrogens is 218 g/mol. The first-order valence-corrected chi connectivity index (χ1v) is 6.53. The van der Waals surface area contributed by atoms with Crippen LogP contribution in [0.4, 0.5) is 0 Å². The number of nitrogens with two attached hydrogens (primary N) is 1. The Morgan fingerprint density at radius 1 is 1.62 bits per heavy atom. The van der Waals surface area contributed by atoms with Crippen molar-refractivity contribution < 1.29 is 0 Å². The lowest BCUT2D eigenvalue weighted by atomic mass is 10.0. The van der Waals surface area contributed by atoms with Crippen molar-refractivity contribution in [2.45, 2.75) is 32.4 Å². The molecule has 0 bridgehead atoms. The van der Waals surface area contributed by atoms with Crippen LogP contribution in [-0.4, -0.2) is 24.0 Å². The molecule has 0 aliphatic carbocycles. The Labute approximate surface area is 101 Å². The van der Waals surface area contributed by atoms with E-state index in [1.54, 1.807) is 11.3 Å². The molecule has 0 aliphatic rings. The number of rotatable bonds is 6. The second-order valence-corrected chi connectivity index (χ2v) is 4.68. The lowest BCUT2D eigenvalue weighted by molar-refractivity contribution is 0.190. The number of hydrogen-bond donors (Lipinski definition) is 1. The van der Waals surface area contributed by atoms with Crippen LogP contribution in [0.15, 0.2) is 16.8 Å². The van der Waals surface area contributed by atoms with Crippen molar-refractivity contribution in [3.05, 3.63) is 22.4 Å². The summed E-state index contributed by atoms with van der Waals surface area (Å²) in [6, 6.07) is 4.61. The fraction of sp³-hybridized carbons (Fsp3) is 0.583. The van der Waals surface area contributed by atoms with Gasteiger partial charge in [-0.05, 0) is 35.9 Å². The molecule has 0 fully saturated rings. The largest absolute Gasteiger partial charge is 0.326 e. The highest BCUT2D eigenvalue weighted by Crippen LogP contribution is 2.25. The normalized spacial score (nSPS) is 14.7. The molecule has 0 saturated heterocycles. The number of thiophene rings is 1. The molecule has 2 atom stereocenters. The van der Waals surface area contributed by atoms with E-state index in [9.17, 15) is 0 Å². The van der Waals surface area contributed by atoms with E-state index in [1.807, 2.05) is 6.92 Å². The van der Waals surface area contributed by atoms with E-state index in [2.05, 4.69) is 34.7 Å². The molecule has 2 N–H and O–H groups in total. The van der Waals surface area contributed by atoms with Crippen LogP contribution >= 0.6 is 11.3 Å². The van der Waals surface area contributed by atoms with Crippen molar-refractivity contribution in [2.24, 2.45) is 5.73 Å². The predicted molar refractivity (Wildman–Crippen MR) is 68.2 cm³/mol. The van der Waals surface area contributed by atoms with Gasteiger partial charge in [-0.3, -0.25) is 4.90 Å². The SMILES string of the molecule is CCN(CCC#N)C(c1ccsc1)C(C)N. The summed E-state index contributed by atoms with van der Waals surface area (Å²) >= 11 is 1.69. The minimum Gasteiger partial charge on any atom is -0.326 e. The van der Waals surface area contributed by atoms with Crippen molar-refractivity contribution in [1.29, 1.82) is 5.26 Å². The molecule has 16 heavy (non-hydrogen) atoms. The van der Waals surface area contributed by atoms with Crippen molar-refractivity contribution in [2.75, 3.05) is 13.1 Å². The molecule has 4 heteroatoms. The minimum atomic E-state index is 0.0771. The third kappa shape index (κ3) is 3.31. The van der Waals surface area contributed by atoms with Gasteiger partial charge in [0.05, 0.1) is 12.1 Å². The van der Waals surface area contributed by atoms with Crippen molar-refractivity contribution in [3.63, 3.8) is 0 Å². The molecular formula is C12H19N3S. The van der Waals surface area contributed by atoms with Gasteiger partial charge < -0.3 is 5.73 Å². The van der Waals surface area contributed by atoms with E-state index >= 15 is 0 Å². The topological polar surface area (TPSA) is 53.0 Å². The van der Waals surface area contributed by atoms with Crippen LogP contribution < -0.4 is 5.73 Å². The second kappa shape index (κ2) is 6.64. The van der Waals surface area contributed by atoms with Gasteiger partial charge in [-0.1, -0.05) is 6.92 Å². The first-order chi connectivity index (χ1) is 7.70.